The number of hydrazone groups is 1. The Kier molecular flexibility index (Phi) is 2.65. The Morgan fingerprint density at radius 3 is 2.21 bits per heavy atom. The molecule has 0 aromatic carbocycles. The summed E-state index contributed by atoms with van der Waals surface area (Å²) in [5.74, 6) is -1.60. The summed E-state index contributed by atoms with van der Waals surface area (Å²) < 4.78 is 0. The predicted molar refractivity (Wildman–Crippen MR) is 49.0 cm³/mol. The highest BCUT2D eigenvalue weighted by Crippen LogP contribution is 1.84. The van der Waals surface area contributed by atoms with Crippen molar-refractivity contribution in [3.05, 3.63) is 0 Å². The molecule has 0 saturated carbocycles. The van der Waals surface area contributed by atoms with Gasteiger partial charge in [0.15, 0.2) is 0 Å². The monoisotopic (exact) mass is 198 g/mol. The molecule has 0 radical (unpaired) electrons. The topological polar surface area (TPSA) is 112 Å². The van der Waals surface area contributed by atoms with Gasteiger partial charge in [0.05, 0.1) is 0 Å². The largest absolute Gasteiger partial charge is 0.366 e. The standard InChI is InChI=1S/C6H10N6O2/c1-12(2)11-5(7)10-6-8-3(13)4(14)9-6/h1-2H3,(H4,7,8,9,10,11,13,14). The highest BCUT2D eigenvalue weighted by atomic mass is 16.2. The molecule has 1 rings (SSSR count). The molecule has 8 heteroatoms. The van der Waals surface area contributed by atoms with Gasteiger partial charge in [0.2, 0.25) is 11.9 Å². The number of rotatable bonds is 1. The Hall–Kier alpha value is -2.12. The number of nitrogens with zero attached hydrogens (tertiary/aromatic N) is 3. The summed E-state index contributed by atoms with van der Waals surface area (Å²) in [5, 5.41) is 9.53. The zero-order chi connectivity index (χ0) is 10.7. The third-order valence-electron chi connectivity index (χ3n) is 1.20. The zero-order valence-electron chi connectivity index (χ0n) is 7.74. The maximum Gasteiger partial charge on any atom is 0.316 e. The minimum absolute atomic E-state index is 0.0110. The molecule has 0 unspecified atom stereocenters. The molecule has 0 aromatic heterocycles. The SMILES string of the molecule is CN(C)/N=C(\N)N=C1NC(=O)C(=O)N1. The lowest BCUT2D eigenvalue weighted by atomic mass is 10.6. The zero-order valence-corrected chi connectivity index (χ0v) is 7.74. The summed E-state index contributed by atoms with van der Waals surface area (Å²) >= 11 is 0. The number of carbonyl (C=O) groups is 2. The van der Waals surface area contributed by atoms with Gasteiger partial charge < -0.3 is 5.73 Å². The van der Waals surface area contributed by atoms with Crippen LogP contribution < -0.4 is 16.4 Å². The summed E-state index contributed by atoms with van der Waals surface area (Å²) in [6.07, 6.45) is 0. The first kappa shape index (κ1) is 9.96. The second kappa shape index (κ2) is 3.73. The maximum atomic E-state index is 10.7. The highest BCUT2D eigenvalue weighted by molar-refractivity contribution is 6.45. The highest BCUT2D eigenvalue weighted by Gasteiger charge is 2.25. The van der Waals surface area contributed by atoms with E-state index < -0.39 is 11.8 Å². The Morgan fingerprint density at radius 2 is 1.79 bits per heavy atom. The van der Waals surface area contributed by atoms with Gasteiger partial charge in [0, 0.05) is 14.1 Å². The van der Waals surface area contributed by atoms with E-state index in [1.807, 2.05) is 0 Å². The predicted octanol–water partition coefficient (Wildman–Crippen LogP) is -2.62. The molecule has 1 aliphatic rings. The Morgan fingerprint density at radius 1 is 1.29 bits per heavy atom. The lowest BCUT2D eigenvalue weighted by Gasteiger charge is -2.03. The molecule has 1 saturated heterocycles. The van der Waals surface area contributed by atoms with Crippen LogP contribution in [0, 0.1) is 0 Å². The van der Waals surface area contributed by atoms with Gasteiger partial charge in [0.1, 0.15) is 0 Å². The molecule has 0 bridgehead atoms. The number of nitrogens with two attached hydrogens (primary N) is 1. The van der Waals surface area contributed by atoms with Crippen LogP contribution in [0.1, 0.15) is 0 Å². The van der Waals surface area contributed by atoms with Crippen molar-refractivity contribution in [2.75, 3.05) is 14.1 Å². The van der Waals surface area contributed by atoms with Crippen LogP contribution in [0.4, 0.5) is 0 Å². The molecule has 0 aromatic rings. The van der Waals surface area contributed by atoms with Crippen molar-refractivity contribution in [1.82, 2.24) is 15.6 Å². The molecule has 0 atom stereocenters. The number of carbonyl (C=O) groups excluding carboxylic acids is 2. The van der Waals surface area contributed by atoms with Gasteiger partial charge in [-0.15, -0.1) is 5.10 Å². The Bertz CT molecular complexity index is 313. The van der Waals surface area contributed by atoms with Gasteiger partial charge in [-0.2, -0.15) is 4.99 Å². The first-order valence-corrected chi connectivity index (χ1v) is 3.71. The first-order valence-electron chi connectivity index (χ1n) is 3.71. The van der Waals surface area contributed by atoms with Crippen LogP contribution in [0.2, 0.25) is 0 Å². The molecule has 1 heterocycles. The van der Waals surface area contributed by atoms with Gasteiger partial charge in [0.25, 0.3) is 0 Å². The van der Waals surface area contributed by atoms with Crippen LogP contribution in [-0.2, 0) is 9.59 Å². The maximum absolute atomic E-state index is 10.7. The lowest BCUT2D eigenvalue weighted by Crippen LogP contribution is -2.29. The molecule has 0 aliphatic carbocycles. The van der Waals surface area contributed by atoms with Gasteiger partial charge in [-0.05, 0) is 0 Å². The molecular weight excluding hydrogens is 188 g/mol. The number of hydrogen-bond donors (Lipinski definition) is 3. The third-order valence-corrected chi connectivity index (χ3v) is 1.20. The van der Waals surface area contributed by atoms with Gasteiger partial charge in [-0.25, -0.2) is 0 Å². The van der Waals surface area contributed by atoms with Crippen LogP contribution >= 0.6 is 0 Å². The van der Waals surface area contributed by atoms with Crippen LogP contribution in [0.3, 0.4) is 0 Å². The van der Waals surface area contributed by atoms with Crippen LogP contribution in [0.15, 0.2) is 10.1 Å². The van der Waals surface area contributed by atoms with E-state index in [0.717, 1.165) is 0 Å². The minimum atomic E-state index is -0.763. The van der Waals surface area contributed by atoms with Gasteiger partial charge >= 0.3 is 11.8 Å². The fraction of sp³-hybridized carbons (Fsp3) is 0.333. The van der Waals surface area contributed by atoms with E-state index in [1.54, 1.807) is 14.1 Å². The number of guanidine groups is 2. The first-order chi connectivity index (χ1) is 6.49. The van der Waals surface area contributed by atoms with E-state index in [4.69, 9.17) is 5.73 Å². The van der Waals surface area contributed by atoms with Crippen LogP contribution in [0.5, 0.6) is 0 Å². The molecule has 1 aliphatic heterocycles. The molecule has 14 heavy (non-hydrogen) atoms. The molecule has 4 N–H and O–H groups in total. The number of aliphatic imine (C=N–C) groups is 1. The second-order valence-corrected chi connectivity index (χ2v) is 2.67. The fourth-order valence-corrected chi connectivity index (χ4v) is 0.758. The van der Waals surface area contributed by atoms with Crippen molar-refractivity contribution in [3.63, 3.8) is 0 Å². The van der Waals surface area contributed by atoms with E-state index in [1.165, 1.54) is 5.01 Å². The quantitative estimate of drug-likeness (QED) is 0.185. The third kappa shape index (κ3) is 2.44. The van der Waals surface area contributed by atoms with Crippen molar-refractivity contribution in [3.8, 4) is 0 Å². The van der Waals surface area contributed by atoms with E-state index in [9.17, 15) is 9.59 Å². The molecule has 0 spiro atoms. The summed E-state index contributed by atoms with van der Waals surface area (Å²) in [5.41, 5.74) is 5.36. The van der Waals surface area contributed by atoms with Gasteiger partial charge in [-0.1, -0.05) is 0 Å². The summed E-state index contributed by atoms with van der Waals surface area (Å²) in [4.78, 5) is 25.0. The number of hydrogen-bond acceptors (Lipinski definition) is 4. The Balaban J connectivity index is 2.71. The second-order valence-electron chi connectivity index (χ2n) is 2.67. The van der Waals surface area contributed by atoms with Crippen molar-refractivity contribution in [2.24, 2.45) is 15.8 Å². The summed E-state index contributed by atoms with van der Waals surface area (Å²) in [7, 11) is 3.33. The molecule has 76 valence electrons. The van der Waals surface area contributed by atoms with Crippen molar-refractivity contribution < 1.29 is 9.59 Å². The normalized spacial score (nSPS) is 16.4. The van der Waals surface area contributed by atoms with E-state index >= 15 is 0 Å². The average Bonchev–Trinajstić information content (AvgIpc) is 2.28. The fourth-order valence-electron chi connectivity index (χ4n) is 0.758. The Labute approximate surface area is 79.8 Å². The van der Waals surface area contributed by atoms with Crippen molar-refractivity contribution in [2.45, 2.75) is 0 Å². The van der Waals surface area contributed by atoms with E-state index in [-0.39, 0.29) is 11.9 Å². The smallest absolute Gasteiger partial charge is 0.316 e. The van der Waals surface area contributed by atoms with Crippen LogP contribution in [-0.4, -0.2) is 42.8 Å². The van der Waals surface area contributed by atoms with Crippen molar-refractivity contribution in [1.29, 1.82) is 0 Å². The number of amides is 2. The molecular formula is C6H10N6O2. The number of nitrogens with one attached hydrogen (secondary N) is 2. The summed E-state index contributed by atoms with van der Waals surface area (Å²) in [6.45, 7) is 0. The van der Waals surface area contributed by atoms with Crippen molar-refractivity contribution >= 4 is 23.7 Å². The van der Waals surface area contributed by atoms with E-state index in [0.29, 0.717) is 0 Å². The van der Waals surface area contributed by atoms with Crippen LogP contribution in [0.25, 0.3) is 0 Å². The van der Waals surface area contributed by atoms with E-state index in [2.05, 4.69) is 20.7 Å². The summed E-state index contributed by atoms with van der Waals surface area (Å²) in [6, 6.07) is 0. The minimum Gasteiger partial charge on any atom is -0.366 e. The molecule has 2 amide bonds. The lowest BCUT2D eigenvalue weighted by molar-refractivity contribution is -0.135. The average molecular weight is 198 g/mol. The molecule has 1 fully saturated rings. The van der Waals surface area contributed by atoms with Gasteiger partial charge in [-0.3, -0.25) is 25.2 Å². The molecule has 8 nitrogen and oxygen atoms in total.